The summed E-state index contributed by atoms with van der Waals surface area (Å²) < 4.78 is 4.83. The molecule has 0 aliphatic heterocycles. The molecule has 0 aromatic heterocycles. The highest BCUT2D eigenvalue weighted by atomic mass is 16.5. The van der Waals surface area contributed by atoms with E-state index in [1.54, 1.807) is 25.1 Å². The number of esters is 1. The lowest BCUT2D eigenvalue weighted by Gasteiger charge is -2.55. The van der Waals surface area contributed by atoms with Gasteiger partial charge in [-0.1, -0.05) is 6.92 Å². The Labute approximate surface area is 171 Å². The maximum atomic E-state index is 13.2. The number of anilines is 1. The molecule has 2 amide bonds. The summed E-state index contributed by atoms with van der Waals surface area (Å²) in [7, 11) is 1.33. The molecule has 4 bridgehead atoms. The fraction of sp³-hybridized carbons (Fsp3) is 0.609. The van der Waals surface area contributed by atoms with E-state index >= 15 is 0 Å². The van der Waals surface area contributed by atoms with Crippen molar-refractivity contribution in [3.8, 4) is 0 Å². The zero-order valence-corrected chi connectivity index (χ0v) is 17.3. The third-order valence-electron chi connectivity index (χ3n) is 6.99. The molecule has 0 heterocycles. The van der Waals surface area contributed by atoms with Gasteiger partial charge in [-0.25, -0.2) is 4.79 Å². The number of carbonyl (C=O) groups is 3. The van der Waals surface area contributed by atoms with Crippen LogP contribution >= 0.6 is 0 Å². The molecule has 1 aromatic rings. The van der Waals surface area contributed by atoms with E-state index in [2.05, 4.69) is 10.6 Å². The van der Waals surface area contributed by atoms with Gasteiger partial charge in [0.25, 0.3) is 0 Å². The number of carbonyl (C=O) groups excluding carboxylic acids is 3. The second-order valence-corrected chi connectivity index (χ2v) is 9.19. The minimum Gasteiger partial charge on any atom is -0.465 e. The highest BCUT2D eigenvalue weighted by Gasteiger charge is 2.54. The van der Waals surface area contributed by atoms with Gasteiger partial charge in [0.1, 0.15) is 0 Å². The molecule has 0 unspecified atom stereocenters. The van der Waals surface area contributed by atoms with Crippen LogP contribution in [0.25, 0.3) is 0 Å². The summed E-state index contributed by atoms with van der Waals surface area (Å²) in [5, 5.41) is 5.92. The average molecular weight is 399 g/mol. The molecule has 156 valence electrons. The standard InChI is InChI=1S/C23H30N2O4/c1-3-20(26)25-19-8-17(7-18(9-19)21(27)29-2)13-24-22(28)23-10-14-4-15(11-23)6-16(5-14)12-23/h7-9,14-16H,3-6,10-13H2,1-2H3,(H,24,28)(H,25,26). The fourth-order valence-electron chi connectivity index (χ4n) is 6.11. The third kappa shape index (κ3) is 4.02. The summed E-state index contributed by atoms with van der Waals surface area (Å²) in [4.78, 5) is 37.0. The Morgan fingerprint density at radius 2 is 1.66 bits per heavy atom. The van der Waals surface area contributed by atoms with Crippen LogP contribution in [0.15, 0.2) is 18.2 Å². The van der Waals surface area contributed by atoms with E-state index in [4.69, 9.17) is 4.74 Å². The number of nitrogens with one attached hydrogen (secondary N) is 2. The molecule has 2 N–H and O–H groups in total. The lowest BCUT2D eigenvalue weighted by Crippen LogP contribution is -2.53. The summed E-state index contributed by atoms with van der Waals surface area (Å²) in [5.74, 6) is 1.70. The Bertz CT molecular complexity index is 797. The van der Waals surface area contributed by atoms with Crippen molar-refractivity contribution in [3.05, 3.63) is 29.3 Å². The largest absolute Gasteiger partial charge is 0.465 e. The Morgan fingerprint density at radius 1 is 1.03 bits per heavy atom. The van der Waals surface area contributed by atoms with Crippen molar-refractivity contribution >= 4 is 23.5 Å². The molecule has 0 radical (unpaired) electrons. The SMILES string of the molecule is CCC(=O)Nc1cc(CNC(=O)C23CC4CC(CC(C4)C2)C3)cc(C(=O)OC)c1. The number of methoxy groups -OCH3 is 1. The van der Waals surface area contributed by atoms with Gasteiger partial charge in [-0.05, 0) is 80.0 Å². The van der Waals surface area contributed by atoms with Gasteiger partial charge < -0.3 is 15.4 Å². The van der Waals surface area contributed by atoms with E-state index < -0.39 is 5.97 Å². The van der Waals surface area contributed by atoms with Gasteiger partial charge in [-0.15, -0.1) is 0 Å². The summed E-state index contributed by atoms with van der Waals surface area (Å²) in [6, 6.07) is 5.12. The van der Waals surface area contributed by atoms with Crippen LogP contribution in [-0.4, -0.2) is 24.9 Å². The van der Waals surface area contributed by atoms with Crippen LogP contribution in [0.4, 0.5) is 5.69 Å². The fourth-order valence-corrected chi connectivity index (χ4v) is 6.11. The normalized spacial score (nSPS) is 29.4. The first kappa shape index (κ1) is 19.9. The Morgan fingerprint density at radius 3 is 2.21 bits per heavy atom. The Hall–Kier alpha value is -2.37. The molecule has 4 aliphatic carbocycles. The van der Waals surface area contributed by atoms with E-state index in [1.165, 1.54) is 26.4 Å². The van der Waals surface area contributed by atoms with Crippen molar-refractivity contribution < 1.29 is 19.1 Å². The first-order valence-corrected chi connectivity index (χ1v) is 10.7. The molecule has 0 atom stereocenters. The van der Waals surface area contributed by atoms with Gasteiger partial charge in [0.15, 0.2) is 0 Å². The smallest absolute Gasteiger partial charge is 0.337 e. The van der Waals surface area contributed by atoms with Crippen LogP contribution in [0, 0.1) is 23.2 Å². The van der Waals surface area contributed by atoms with Crippen molar-refractivity contribution in [2.75, 3.05) is 12.4 Å². The highest BCUT2D eigenvalue weighted by Crippen LogP contribution is 2.60. The molecule has 6 nitrogen and oxygen atoms in total. The van der Waals surface area contributed by atoms with Crippen molar-refractivity contribution in [2.45, 2.75) is 58.4 Å². The molecule has 29 heavy (non-hydrogen) atoms. The first-order chi connectivity index (χ1) is 13.9. The van der Waals surface area contributed by atoms with Gasteiger partial charge in [-0.2, -0.15) is 0 Å². The van der Waals surface area contributed by atoms with Crippen molar-refractivity contribution in [2.24, 2.45) is 23.2 Å². The second kappa shape index (κ2) is 7.81. The van der Waals surface area contributed by atoms with Crippen LogP contribution in [0.1, 0.15) is 67.8 Å². The number of amides is 2. The van der Waals surface area contributed by atoms with E-state index in [-0.39, 0.29) is 17.2 Å². The molecule has 4 saturated carbocycles. The van der Waals surface area contributed by atoms with Crippen LogP contribution < -0.4 is 10.6 Å². The molecule has 5 rings (SSSR count). The summed E-state index contributed by atoms with van der Waals surface area (Å²) in [6.45, 7) is 2.10. The molecular weight excluding hydrogens is 368 g/mol. The molecule has 6 heteroatoms. The van der Waals surface area contributed by atoms with Crippen LogP contribution in [0.5, 0.6) is 0 Å². The summed E-state index contributed by atoms with van der Waals surface area (Å²) in [5.41, 5.74) is 1.48. The molecule has 4 fully saturated rings. The molecule has 1 aromatic carbocycles. The number of benzene rings is 1. The quantitative estimate of drug-likeness (QED) is 0.717. The molecular formula is C23H30N2O4. The van der Waals surface area contributed by atoms with E-state index in [1.807, 2.05) is 0 Å². The Kier molecular flexibility index (Phi) is 5.36. The van der Waals surface area contributed by atoms with Gasteiger partial charge in [0.05, 0.1) is 12.7 Å². The number of hydrogen-bond donors (Lipinski definition) is 2. The average Bonchev–Trinajstić information content (AvgIpc) is 2.70. The number of hydrogen-bond acceptors (Lipinski definition) is 4. The van der Waals surface area contributed by atoms with Crippen LogP contribution in [-0.2, 0) is 20.9 Å². The van der Waals surface area contributed by atoms with Gasteiger partial charge in [0.2, 0.25) is 11.8 Å². The van der Waals surface area contributed by atoms with E-state index in [9.17, 15) is 14.4 Å². The molecule has 4 aliphatic rings. The van der Waals surface area contributed by atoms with Crippen molar-refractivity contribution in [3.63, 3.8) is 0 Å². The maximum Gasteiger partial charge on any atom is 0.337 e. The zero-order chi connectivity index (χ0) is 20.6. The van der Waals surface area contributed by atoms with Gasteiger partial charge >= 0.3 is 5.97 Å². The van der Waals surface area contributed by atoms with Gasteiger partial charge in [0, 0.05) is 24.1 Å². The maximum absolute atomic E-state index is 13.2. The first-order valence-electron chi connectivity index (χ1n) is 10.7. The third-order valence-corrected chi connectivity index (χ3v) is 6.99. The van der Waals surface area contributed by atoms with Crippen molar-refractivity contribution in [1.82, 2.24) is 5.32 Å². The minimum absolute atomic E-state index is 0.129. The lowest BCUT2D eigenvalue weighted by atomic mass is 9.49. The van der Waals surface area contributed by atoms with Crippen LogP contribution in [0.2, 0.25) is 0 Å². The summed E-state index contributed by atoms with van der Waals surface area (Å²) in [6.07, 6.45) is 7.30. The zero-order valence-electron chi connectivity index (χ0n) is 17.3. The minimum atomic E-state index is -0.466. The second-order valence-electron chi connectivity index (χ2n) is 9.19. The molecule has 0 spiro atoms. The Balaban J connectivity index is 1.48. The predicted molar refractivity (Wildman–Crippen MR) is 109 cm³/mol. The highest BCUT2D eigenvalue weighted by molar-refractivity contribution is 5.94. The predicted octanol–water partition coefficient (Wildman–Crippen LogP) is 3.65. The lowest BCUT2D eigenvalue weighted by molar-refractivity contribution is -0.146. The monoisotopic (exact) mass is 398 g/mol. The van der Waals surface area contributed by atoms with Crippen LogP contribution in [0.3, 0.4) is 0 Å². The van der Waals surface area contributed by atoms with E-state index in [0.717, 1.165) is 24.8 Å². The molecule has 0 saturated heterocycles. The number of ether oxygens (including phenoxy) is 1. The van der Waals surface area contributed by atoms with Gasteiger partial charge in [-0.3, -0.25) is 9.59 Å². The number of rotatable bonds is 6. The topological polar surface area (TPSA) is 84.5 Å². The van der Waals surface area contributed by atoms with Crippen molar-refractivity contribution in [1.29, 1.82) is 0 Å². The van der Waals surface area contributed by atoms with E-state index in [0.29, 0.717) is 42.0 Å². The summed E-state index contributed by atoms with van der Waals surface area (Å²) >= 11 is 0.